The zero-order valence-electron chi connectivity index (χ0n) is 17.9. The maximum Gasteiger partial charge on any atom is 0.169 e. The summed E-state index contributed by atoms with van der Waals surface area (Å²) in [6, 6.07) is 13.8. The van der Waals surface area contributed by atoms with Crippen LogP contribution < -0.4 is 0 Å². The van der Waals surface area contributed by atoms with Crippen LogP contribution in [-0.2, 0) is 0 Å². The van der Waals surface area contributed by atoms with E-state index in [4.69, 9.17) is 4.98 Å². The molecule has 0 unspecified atom stereocenters. The van der Waals surface area contributed by atoms with Gasteiger partial charge < -0.3 is 4.98 Å². The molecule has 6 aromatic heterocycles. The molecule has 6 aromatic rings. The van der Waals surface area contributed by atoms with Gasteiger partial charge in [0.2, 0.25) is 0 Å². The van der Waals surface area contributed by atoms with Crippen molar-refractivity contribution in [2.75, 3.05) is 0 Å². The van der Waals surface area contributed by atoms with Gasteiger partial charge in [-0.15, -0.1) is 11.3 Å². The van der Waals surface area contributed by atoms with E-state index in [-0.39, 0.29) is 5.78 Å². The Hall–Kier alpha value is -4.17. The molecule has 6 rings (SSSR count). The Morgan fingerprint density at radius 2 is 1.94 bits per heavy atom. The third-order valence-corrected chi connectivity index (χ3v) is 6.95. The molecule has 160 valence electrons. The summed E-state index contributed by atoms with van der Waals surface area (Å²) in [6.07, 6.45) is 5.39. The second-order valence-corrected chi connectivity index (χ2v) is 8.96. The SMILES string of the molecule is CC(=O)c1ccc(-c2ccnc3[nH]c(-c4n[nH]c5ccc(-c6cnccc6C)nc45)cc23)s1. The number of thiophene rings is 1. The van der Waals surface area contributed by atoms with Crippen LogP contribution in [0.4, 0.5) is 0 Å². The lowest BCUT2D eigenvalue weighted by Gasteiger charge is -2.04. The number of carbonyl (C=O) groups excluding carboxylic acids is 1. The summed E-state index contributed by atoms with van der Waals surface area (Å²) in [5, 5.41) is 8.60. The van der Waals surface area contributed by atoms with Crippen LogP contribution in [0.25, 0.3) is 55.2 Å². The van der Waals surface area contributed by atoms with Crippen LogP contribution in [0.2, 0.25) is 0 Å². The van der Waals surface area contributed by atoms with Gasteiger partial charge in [0.1, 0.15) is 16.9 Å². The zero-order valence-corrected chi connectivity index (χ0v) is 18.7. The fourth-order valence-electron chi connectivity index (χ4n) is 4.01. The summed E-state index contributed by atoms with van der Waals surface area (Å²) in [5.74, 6) is 0.0695. The number of carbonyl (C=O) groups is 1. The summed E-state index contributed by atoms with van der Waals surface area (Å²) in [6.45, 7) is 3.63. The predicted molar refractivity (Wildman–Crippen MR) is 130 cm³/mol. The lowest BCUT2D eigenvalue weighted by molar-refractivity contribution is 0.102. The molecule has 0 atom stereocenters. The van der Waals surface area contributed by atoms with Crippen molar-refractivity contribution in [3.8, 4) is 33.1 Å². The van der Waals surface area contributed by atoms with Crippen molar-refractivity contribution in [1.82, 2.24) is 30.1 Å². The standard InChI is InChI=1S/C25H18N6OS/c1-13-7-9-26-12-17(13)18-3-4-19-23(28-18)24(31-30-19)20-11-16-15(8-10-27-25(16)29-20)22-6-5-21(33-22)14(2)32/h3-12H,1-2H3,(H,27,29)(H,30,31). The van der Waals surface area contributed by atoms with Crippen LogP contribution in [0.5, 0.6) is 0 Å². The highest BCUT2D eigenvalue weighted by Gasteiger charge is 2.17. The Morgan fingerprint density at radius 3 is 2.76 bits per heavy atom. The lowest BCUT2D eigenvalue weighted by atomic mass is 10.1. The molecule has 8 heteroatoms. The molecule has 0 aromatic carbocycles. The number of hydrogen-bond donors (Lipinski definition) is 2. The van der Waals surface area contributed by atoms with E-state index < -0.39 is 0 Å². The number of H-pyrrole nitrogens is 2. The molecule has 0 radical (unpaired) electrons. The van der Waals surface area contributed by atoms with Crippen molar-refractivity contribution in [3.05, 3.63) is 71.5 Å². The van der Waals surface area contributed by atoms with Gasteiger partial charge in [-0.3, -0.25) is 14.9 Å². The van der Waals surface area contributed by atoms with Crippen molar-refractivity contribution in [2.45, 2.75) is 13.8 Å². The monoisotopic (exact) mass is 450 g/mol. The first-order valence-corrected chi connectivity index (χ1v) is 11.3. The Bertz CT molecular complexity index is 1680. The molecular formula is C25H18N6OS. The van der Waals surface area contributed by atoms with Gasteiger partial charge >= 0.3 is 0 Å². The molecule has 0 saturated carbocycles. The molecule has 7 nitrogen and oxygen atoms in total. The molecule has 0 aliphatic carbocycles. The van der Waals surface area contributed by atoms with Crippen LogP contribution in [-0.4, -0.2) is 35.9 Å². The number of aryl methyl sites for hydroxylation is 1. The average molecular weight is 451 g/mol. The molecule has 0 aliphatic rings. The van der Waals surface area contributed by atoms with E-state index >= 15 is 0 Å². The fourth-order valence-corrected chi connectivity index (χ4v) is 4.95. The van der Waals surface area contributed by atoms with Gasteiger partial charge in [-0.25, -0.2) is 9.97 Å². The maximum absolute atomic E-state index is 11.8. The molecule has 0 bridgehead atoms. The largest absolute Gasteiger partial charge is 0.338 e. The minimum Gasteiger partial charge on any atom is -0.338 e. The smallest absolute Gasteiger partial charge is 0.169 e. The van der Waals surface area contributed by atoms with E-state index in [1.165, 1.54) is 11.3 Å². The Labute approximate surface area is 192 Å². The molecule has 6 heterocycles. The van der Waals surface area contributed by atoms with E-state index in [1.807, 2.05) is 55.6 Å². The van der Waals surface area contributed by atoms with Gasteiger partial charge in [0.15, 0.2) is 5.78 Å². The number of ketones is 1. The number of nitrogens with one attached hydrogen (secondary N) is 2. The highest BCUT2D eigenvalue weighted by molar-refractivity contribution is 7.17. The van der Waals surface area contributed by atoms with Crippen molar-refractivity contribution in [1.29, 1.82) is 0 Å². The number of Topliss-reactive ketones (excluding diaryl/α,β-unsaturated/α-hetero) is 1. The Kier molecular flexibility index (Phi) is 4.41. The summed E-state index contributed by atoms with van der Waals surface area (Å²) in [7, 11) is 0. The molecule has 0 saturated heterocycles. The zero-order chi connectivity index (χ0) is 22.5. The fraction of sp³-hybridized carbons (Fsp3) is 0.0800. The summed E-state index contributed by atoms with van der Waals surface area (Å²) >= 11 is 1.49. The van der Waals surface area contributed by atoms with Crippen molar-refractivity contribution in [2.24, 2.45) is 0 Å². The minimum absolute atomic E-state index is 0.0695. The summed E-state index contributed by atoms with van der Waals surface area (Å²) in [5.41, 5.74) is 7.93. The number of hydrogen-bond acceptors (Lipinski definition) is 6. The second-order valence-electron chi connectivity index (χ2n) is 7.88. The number of nitrogens with zero attached hydrogens (tertiary/aromatic N) is 4. The number of rotatable bonds is 4. The normalized spacial score (nSPS) is 11.5. The first kappa shape index (κ1) is 19.5. The van der Waals surface area contributed by atoms with Gasteiger partial charge in [-0.2, -0.15) is 5.10 Å². The summed E-state index contributed by atoms with van der Waals surface area (Å²) in [4.78, 5) is 30.6. The van der Waals surface area contributed by atoms with Crippen LogP contribution in [0.15, 0.2) is 61.1 Å². The van der Waals surface area contributed by atoms with E-state index in [0.717, 1.165) is 65.6 Å². The number of fused-ring (bicyclic) bond motifs is 2. The minimum atomic E-state index is 0.0695. The highest BCUT2D eigenvalue weighted by atomic mass is 32.1. The topological polar surface area (TPSA) is 100 Å². The van der Waals surface area contributed by atoms with Crippen LogP contribution in [0.1, 0.15) is 22.2 Å². The lowest BCUT2D eigenvalue weighted by Crippen LogP contribution is -1.89. The predicted octanol–water partition coefficient (Wildman–Crippen LogP) is 5.80. The van der Waals surface area contributed by atoms with Crippen LogP contribution in [0, 0.1) is 6.92 Å². The highest BCUT2D eigenvalue weighted by Crippen LogP contribution is 2.36. The van der Waals surface area contributed by atoms with Gasteiger partial charge in [-0.05, 0) is 61.9 Å². The molecule has 0 aliphatic heterocycles. The van der Waals surface area contributed by atoms with E-state index in [0.29, 0.717) is 0 Å². The molecule has 0 spiro atoms. The average Bonchev–Trinajstić information content (AvgIpc) is 3.56. The van der Waals surface area contributed by atoms with Gasteiger partial charge in [0.25, 0.3) is 0 Å². The van der Waals surface area contributed by atoms with E-state index in [2.05, 4.69) is 25.1 Å². The van der Waals surface area contributed by atoms with E-state index in [9.17, 15) is 4.79 Å². The third kappa shape index (κ3) is 3.23. The van der Waals surface area contributed by atoms with Crippen molar-refractivity contribution in [3.63, 3.8) is 0 Å². The first-order valence-electron chi connectivity index (χ1n) is 10.4. The first-order chi connectivity index (χ1) is 16.1. The molecular weight excluding hydrogens is 432 g/mol. The van der Waals surface area contributed by atoms with Gasteiger partial charge in [0.05, 0.1) is 21.8 Å². The van der Waals surface area contributed by atoms with Crippen LogP contribution in [0.3, 0.4) is 0 Å². The Balaban J connectivity index is 1.49. The number of pyridine rings is 3. The van der Waals surface area contributed by atoms with Gasteiger partial charge in [-0.1, -0.05) is 0 Å². The van der Waals surface area contributed by atoms with Gasteiger partial charge in [0, 0.05) is 40.0 Å². The van der Waals surface area contributed by atoms with Crippen molar-refractivity contribution >= 4 is 39.2 Å². The summed E-state index contributed by atoms with van der Waals surface area (Å²) < 4.78 is 0. The second kappa shape index (κ2) is 7.46. The molecule has 0 amide bonds. The number of aromatic amines is 2. The quantitative estimate of drug-likeness (QED) is 0.331. The molecule has 33 heavy (non-hydrogen) atoms. The molecule has 0 fully saturated rings. The third-order valence-electron chi connectivity index (χ3n) is 5.73. The van der Waals surface area contributed by atoms with Crippen LogP contribution >= 0.6 is 11.3 Å². The molecule has 2 N–H and O–H groups in total. The Morgan fingerprint density at radius 1 is 1.03 bits per heavy atom. The number of aromatic nitrogens is 6. The van der Waals surface area contributed by atoms with Crippen molar-refractivity contribution < 1.29 is 4.79 Å². The maximum atomic E-state index is 11.8. The van der Waals surface area contributed by atoms with E-state index in [1.54, 1.807) is 19.3 Å².